The van der Waals surface area contributed by atoms with Crippen LogP contribution < -0.4 is 5.32 Å². The second-order valence-corrected chi connectivity index (χ2v) is 5.93. The Bertz CT molecular complexity index is 624. The molecule has 0 amide bonds. The molecule has 2 aromatic rings. The fourth-order valence-corrected chi connectivity index (χ4v) is 3.83. The number of para-hydroxylation sites is 1. The maximum Gasteiger partial charge on any atom is 0.0974 e. The van der Waals surface area contributed by atoms with E-state index in [1.54, 1.807) is 0 Å². The van der Waals surface area contributed by atoms with Crippen LogP contribution in [0.3, 0.4) is 0 Å². The molecular formula is C18H19NO. The molecule has 1 unspecified atom stereocenters. The molecule has 2 heterocycles. The van der Waals surface area contributed by atoms with Crippen molar-refractivity contribution in [2.75, 3.05) is 11.9 Å². The summed E-state index contributed by atoms with van der Waals surface area (Å²) in [5, 5.41) is 3.73. The Kier molecular flexibility index (Phi) is 2.61. The average Bonchev–Trinajstić information content (AvgIpc) is 2.90. The molecule has 0 spiro atoms. The standard InChI is InChI=1S/C18H19NO/c1-18-14-9-5-6-10-16(14)19-17(15(18)11-12-20-18)13-7-3-2-4-8-13/h2-10,15,17,19H,11-12H2,1H3/t15-,17?,18+/m0/s1. The monoisotopic (exact) mass is 265 g/mol. The number of rotatable bonds is 1. The van der Waals surface area contributed by atoms with Gasteiger partial charge in [0, 0.05) is 23.8 Å². The van der Waals surface area contributed by atoms with Crippen LogP contribution in [0, 0.1) is 5.92 Å². The van der Waals surface area contributed by atoms with Crippen LogP contribution in [-0.2, 0) is 10.3 Å². The number of nitrogens with one attached hydrogen (secondary N) is 1. The van der Waals surface area contributed by atoms with E-state index >= 15 is 0 Å². The molecule has 0 aromatic heterocycles. The Balaban J connectivity index is 1.85. The molecule has 1 saturated heterocycles. The number of benzene rings is 2. The highest BCUT2D eigenvalue weighted by Gasteiger charge is 2.50. The largest absolute Gasteiger partial charge is 0.378 e. The van der Waals surface area contributed by atoms with E-state index in [1.165, 1.54) is 16.8 Å². The van der Waals surface area contributed by atoms with E-state index in [-0.39, 0.29) is 5.60 Å². The van der Waals surface area contributed by atoms with Gasteiger partial charge in [0.1, 0.15) is 0 Å². The van der Waals surface area contributed by atoms with Gasteiger partial charge in [-0.2, -0.15) is 0 Å². The zero-order valence-electron chi connectivity index (χ0n) is 11.7. The van der Waals surface area contributed by atoms with Gasteiger partial charge < -0.3 is 10.1 Å². The summed E-state index contributed by atoms with van der Waals surface area (Å²) in [6, 6.07) is 19.6. The highest BCUT2D eigenvalue weighted by atomic mass is 16.5. The number of ether oxygens (including phenoxy) is 1. The van der Waals surface area contributed by atoms with E-state index in [1.807, 2.05) is 0 Å². The van der Waals surface area contributed by atoms with E-state index in [9.17, 15) is 0 Å². The minimum atomic E-state index is -0.164. The number of hydrogen-bond donors (Lipinski definition) is 1. The first kappa shape index (κ1) is 12.0. The Labute approximate surface area is 119 Å². The van der Waals surface area contributed by atoms with Crippen LogP contribution in [0.2, 0.25) is 0 Å². The van der Waals surface area contributed by atoms with E-state index < -0.39 is 0 Å². The van der Waals surface area contributed by atoms with Gasteiger partial charge in [-0.15, -0.1) is 0 Å². The molecule has 2 aliphatic rings. The third-order valence-electron chi connectivity index (χ3n) is 4.87. The fourth-order valence-electron chi connectivity index (χ4n) is 3.83. The first-order valence-corrected chi connectivity index (χ1v) is 7.34. The molecule has 2 nitrogen and oxygen atoms in total. The highest BCUT2D eigenvalue weighted by Crippen LogP contribution is 2.53. The van der Waals surface area contributed by atoms with Crippen LogP contribution in [0.1, 0.15) is 30.5 Å². The lowest BCUT2D eigenvalue weighted by Crippen LogP contribution is -2.40. The molecule has 2 aromatic carbocycles. The molecule has 3 atom stereocenters. The Hall–Kier alpha value is -1.80. The smallest absolute Gasteiger partial charge is 0.0974 e. The van der Waals surface area contributed by atoms with Gasteiger partial charge in [0.05, 0.1) is 11.6 Å². The summed E-state index contributed by atoms with van der Waals surface area (Å²) in [6.07, 6.45) is 1.11. The second kappa shape index (κ2) is 4.35. The average molecular weight is 265 g/mol. The van der Waals surface area contributed by atoms with Crippen molar-refractivity contribution in [3.63, 3.8) is 0 Å². The van der Waals surface area contributed by atoms with Crippen molar-refractivity contribution in [1.29, 1.82) is 0 Å². The Morgan fingerprint density at radius 3 is 2.65 bits per heavy atom. The zero-order valence-corrected chi connectivity index (χ0v) is 11.7. The maximum atomic E-state index is 6.18. The van der Waals surface area contributed by atoms with Gasteiger partial charge in [0.25, 0.3) is 0 Å². The molecule has 1 N–H and O–H groups in total. The predicted molar refractivity (Wildman–Crippen MR) is 80.7 cm³/mol. The summed E-state index contributed by atoms with van der Waals surface area (Å²) in [4.78, 5) is 0. The fraction of sp³-hybridized carbons (Fsp3) is 0.333. The Morgan fingerprint density at radius 2 is 1.80 bits per heavy atom. The molecule has 2 heteroatoms. The third kappa shape index (κ3) is 1.61. The van der Waals surface area contributed by atoms with E-state index in [0.717, 1.165) is 13.0 Å². The summed E-state index contributed by atoms with van der Waals surface area (Å²) in [6.45, 7) is 3.10. The quantitative estimate of drug-likeness (QED) is 0.838. The van der Waals surface area contributed by atoms with Gasteiger partial charge in [-0.25, -0.2) is 0 Å². The maximum absolute atomic E-state index is 6.18. The van der Waals surface area contributed by atoms with Gasteiger partial charge in [0.2, 0.25) is 0 Å². The van der Waals surface area contributed by atoms with E-state index in [0.29, 0.717) is 12.0 Å². The van der Waals surface area contributed by atoms with Crippen LogP contribution in [0.25, 0.3) is 0 Å². The van der Waals surface area contributed by atoms with Crippen LogP contribution >= 0.6 is 0 Å². The van der Waals surface area contributed by atoms with Crippen molar-refractivity contribution < 1.29 is 4.74 Å². The first-order chi connectivity index (χ1) is 9.79. The van der Waals surface area contributed by atoms with Gasteiger partial charge >= 0.3 is 0 Å². The second-order valence-electron chi connectivity index (χ2n) is 5.93. The summed E-state index contributed by atoms with van der Waals surface area (Å²) < 4.78 is 6.18. The normalized spacial score (nSPS) is 31.2. The van der Waals surface area contributed by atoms with Crippen LogP contribution in [0.5, 0.6) is 0 Å². The lowest BCUT2D eigenvalue weighted by Gasteiger charge is -2.43. The molecule has 0 aliphatic carbocycles. The highest BCUT2D eigenvalue weighted by molar-refractivity contribution is 5.59. The molecule has 2 aliphatic heterocycles. The summed E-state index contributed by atoms with van der Waals surface area (Å²) in [5.74, 6) is 0.486. The SMILES string of the molecule is C[C@]12OCC[C@H]1C(c1ccccc1)Nc1ccccc12. The molecule has 20 heavy (non-hydrogen) atoms. The summed E-state index contributed by atoms with van der Waals surface area (Å²) in [5.41, 5.74) is 3.70. The summed E-state index contributed by atoms with van der Waals surface area (Å²) >= 11 is 0. The van der Waals surface area contributed by atoms with Crippen molar-refractivity contribution in [1.82, 2.24) is 0 Å². The lowest BCUT2D eigenvalue weighted by molar-refractivity contribution is -0.0178. The molecule has 4 rings (SSSR count). The minimum absolute atomic E-state index is 0.164. The van der Waals surface area contributed by atoms with Crippen molar-refractivity contribution in [2.45, 2.75) is 25.0 Å². The van der Waals surface area contributed by atoms with E-state index in [4.69, 9.17) is 4.74 Å². The molecule has 0 bridgehead atoms. The van der Waals surface area contributed by atoms with Crippen LogP contribution in [-0.4, -0.2) is 6.61 Å². The number of anilines is 1. The third-order valence-corrected chi connectivity index (χ3v) is 4.87. The minimum Gasteiger partial charge on any atom is -0.378 e. The zero-order chi connectivity index (χ0) is 13.6. The number of hydrogen-bond acceptors (Lipinski definition) is 2. The van der Waals surface area contributed by atoms with Crippen molar-refractivity contribution in [2.24, 2.45) is 5.92 Å². The van der Waals surface area contributed by atoms with Gasteiger partial charge in [-0.1, -0.05) is 48.5 Å². The van der Waals surface area contributed by atoms with Gasteiger partial charge in [0.15, 0.2) is 0 Å². The molecular weight excluding hydrogens is 246 g/mol. The molecule has 0 radical (unpaired) electrons. The molecule has 102 valence electrons. The Morgan fingerprint density at radius 1 is 1.05 bits per heavy atom. The van der Waals surface area contributed by atoms with E-state index in [2.05, 4.69) is 66.8 Å². The van der Waals surface area contributed by atoms with Crippen molar-refractivity contribution >= 4 is 5.69 Å². The summed E-state index contributed by atoms with van der Waals surface area (Å²) in [7, 11) is 0. The number of fused-ring (bicyclic) bond motifs is 3. The topological polar surface area (TPSA) is 21.3 Å². The van der Waals surface area contributed by atoms with Gasteiger partial charge in [-0.3, -0.25) is 0 Å². The molecule has 1 fully saturated rings. The van der Waals surface area contributed by atoms with Crippen LogP contribution in [0.15, 0.2) is 54.6 Å². The predicted octanol–water partition coefficient (Wildman–Crippen LogP) is 4.11. The lowest BCUT2D eigenvalue weighted by atomic mass is 9.73. The molecule has 0 saturated carbocycles. The van der Waals surface area contributed by atoms with Crippen molar-refractivity contribution in [3.05, 3.63) is 65.7 Å². The van der Waals surface area contributed by atoms with Crippen molar-refractivity contribution in [3.8, 4) is 0 Å². The van der Waals surface area contributed by atoms with Gasteiger partial charge in [-0.05, 0) is 25.0 Å². The first-order valence-electron chi connectivity index (χ1n) is 7.34. The van der Waals surface area contributed by atoms with Crippen LogP contribution in [0.4, 0.5) is 5.69 Å².